The molecule has 180 valence electrons. The van der Waals surface area contributed by atoms with Gasteiger partial charge in [-0.3, -0.25) is 10.1 Å². The smallest absolute Gasteiger partial charge is 0.412 e. The van der Waals surface area contributed by atoms with Crippen LogP contribution in [0.4, 0.5) is 20.6 Å². The second-order valence-corrected chi connectivity index (χ2v) is 12.1. The second-order valence-electron chi connectivity index (χ2n) is 8.73. The summed E-state index contributed by atoms with van der Waals surface area (Å²) in [5.41, 5.74) is -0.471. The number of sulfonamides is 1. The Balaban J connectivity index is 1.68. The fourth-order valence-electron chi connectivity index (χ4n) is 3.32. The van der Waals surface area contributed by atoms with Crippen molar-refractivity contribution in [2.24, 2.45) is 0 Å². The molecule has 2 amide bonds. The first-order chi connectivity index (χ1) is 15.4. The Kier molecular flexibility index (Phi) is 7.76. The molecule has 1 aliphatic rings. The number of halogens is 1. The van der Waals surface area contributed by atoms with Gasteiger partial charge in [0.15, 0.2) is 0 Å². The van der Waals surface area contributed by atoms with E-state index in [1.54, 1.807) is 26.8 Å². The summed E-state index contributed by atoms with van der Waals surface area (Å²) in [5, 5.41) is 5.08. The van der Waals surface area contributed by atoms with Crippen molar-refractivity contribution in [1.82, 2.24) is 4.31 Å². The first-order valence-corrected chi connectivity index (χ1v) is 12.9. The molecule has 8 nitrogen and oxygen atoms in total. The van der Waals surface area contributed by atoms with E-state index >= 15 is 0 Å². The van der Waals surface area contributed by atoms with E-state index in [1.165, 1.54) is 16.4 Å². The van der Waals surface area contributed by atoms with E-state index in [0.29, 0.717) is 18.0 Å². The fourth-order valence-corrected chi connectivity index (χ4v) is 6.35. The summed E-state index contributed by atoms with van der Waals surface area (Å²) < 4.78 is 46.3. The quantitative estimate of drug-likeness (QED) is 0.607. The van der Waals surface area contributed by atoms with Crippen LogP contribution < -0.4 is 10.6 Å². The van der Waals surface area contributed by atoms with Crippen molar-refractivity contribution in [3.05, 3.63) is 41.0 Å². The van der Waals surface area contributed by atoms with E-state index in [0.717, 1.165) is 42.7 Å². The number of carbonyl (C=O) groups excluding carboxylic acids is 2. The number of nitrogens with zero attached hydrogens (tertiary/aromatic N) is 1. The number of thiophene rings is 1. The molecule has 0 bridgehead atoms. The average Bonchev–Trinajstić information content (AvgIpc) is 3.18. The largest absolute Gasteiger partial charge is 0.444 e. The van der Waals surface area contributed by atoms with Gasteiger partial charge in [-0.05, 0) is 63.9 Å². The van der Waals surface area contributed by atoms with Gasteiger partial charge in [0.05, 0.1) is 17.8 Å². The Morgan fingerprint density at radius 2 is 1.76 bits per heavy atom. The van der Waals surface area contributed by atoms with Crippen molar-refractivity contribution in [2.75, 3.05) is 23.7 Å². The van der Waals surface area contributed by atoms with Crippen LogP contribution in [0.3, 0.4) is 0 Å². The third-order valence-corrected chi connectivity index (χ3v) is 8.22. The van der Waals surface area contributed by atoms with Gasteiger partial charge >= 0.3 is 6.09 Å². The lowest BCUT2D eigenvalue weighted by molar-refractivity contribution is -0.115. The number of piperidine rings is 1. The van der Waals surface area contributed by atoms with Crippen LogP contribution in [0, 0.1) is 5.82 Å². The molecule has 0 aliphatic carbocycles. The lowest BCUT2D eigenvalue weighted by atomic mass is 10.2. The molecule has 11 heteroatoms. The zero-order chi connectivity index (χ0) is 24.2. The molecule has 0 saturated carbocycles. The highest BCUT2D eigenvalue weighted by atomic mass is 32.2. The molecule has 1 aromatic carbocycles. The van der Waals surface area contributed by atoms with Crippen LogP contribution in [-0.2, 0) is 26.0 Å². The highest BCUT2D eigenvalue weighted by Gasteiger charge is 2.27. The van der Waals surface area contributed by atoms with Crippen molar-refractivity contribution in [2.45, 2.75) is 56.3 Å². The Bertz CT molecular complexity index is 1120. The summed E-state index contributed by atoms with van der Waals surface area (Å²) in [6, 6.07) is 6.68. The predicted octanol–water partition coefficient (Wildman–Crippen LogP) is 4.59. The van der Waals surface area contributed by atoms with Crippen LogP contribution >= 0.6 is 11.3 Å². The number of benzene rings is 1. The molecule has 0 radical (unpaired) electrons. The summed E-state index contributed by atoms with van der Waals surface area (Å²) in [5.74, 6) is -1.07. The van der Waals surface area contributed by atoms with Crippen LogP contribution in [0.15, 0.2) is 34.5 Å². The van der Waals surface area contributed by atoms with Gasteiger partial charge in [0.25, 0.3) is 10.0 Å². The SMILES string of the molecule is CC(C)(C)OC(=O)Nc1ccc(F)cc1NC(=O)Cc1ccc(S(=O)(=O)N2CCCCC2)s1. The van der Waals surface area contributed by atoms with E-state index in [9.17, 15) is 22.4 Å². The normalized spacial score (nSPS) is 15.2. The standard InChI is InChI=1S/C22H28FN3O5S2/c1-22(2,3)31-21(28)25-17-9-7-15(23)13-18(17)24-19(27)14-16-8-10-20(32-16)33(29,30)26-11-5-4-6-12-26/h7-10,13H,4-6,11-12,14H2,1-3H3,(H,24,27)(H,25,28). The molecular formula is C22H28FN3O5S2. The zero-order valence-electron chi connectivity index (χ0n) is 18.8. The number of anilines is 2. The molecule has 0 atom stereocenters. The third-order valence-electron chi connectivity index (χ3n) is 4.77. The second kappa shape index (κ2) is 10.2. The number of hydrogen-bond acceptors (Lipinski definition) is 6. The summed E-state index contributed by atoms with van der Waals surface area (Å²) in [6.45, 7) is 6.13. The highest BCUT2D eigenvalue weighted by Crippen LogP contribution is 2.28. The van der Waals surface area contributed by atoms with Gasteiger partial charge in [0.2, 0.25) is 5.91 Å². The van der Waals surface area contributed by atoms with Gasteiger partial charge in [0, 0.05) is 18.0 Å². The molecule has 2 aromatic rings. The van der Waals surface area contributed by atoms with E-state index < -0.39 is 33.4 Å². The molecule has 1 aliphatic heterocycles. The summed E-state index contributed by atoms with van der Waals surface area (Å²) in [4.78, 5) is 25.2. The lowest BCUT2D eigenvalue weighted by Gasteiger charge is -2.25. The minimum atomic E-state index is -3.57. The van der Waals surface area contributed by atoms with Gasteiger partial charge < -0.3 is 10.1 Å². The third kappa shape index (κ3) is 6.99. The number of carbonyl (C=O) groups is 2. The summed E-state index contributed by atoms with van der Waals surface area (Å²) in [6.07, 6.45) is 1.87. The first kappa shape index (κ1) is 25.1. The summed E-state index contributed by atoms with van der Waals surface area (Å²) >= 11 is 1.04. The van der Waals surface area contributed by atoms with E-state index in [1.807, 2.05) is 0 Å². The number of rotatable bonds is 6. The number of amides is 2. The Labute approximate surface area is 197 Å². The van der Waals surface area contributed by atoms with Gasteiger partial charge in [-0.1, -0.05) is 6.42 Å². The minimum Gasteiger partial charge on any atom is -0.444 e. The van der Waals surface area contributed by atoms with Crippen LogP contribution in [0.25, 0.3) is 0 Å². The van der Waals surface area contributed by atoms with Crippen LogP contribution in [0.5, 0.6) is 0 Å². The highest BCUT2D eigenvalue weighted by molar-refractivity contribution is 7.91. The maximum absolute atomic E-state index is 13.8. The van der Waals surface area contributed by atoms with Crippen LogP contribution in [0.1, 0.15) is 44.9 Å². The minimum absolute atomic E-state index is 0.0728. The van der Waals surface area contributed by atoms with Crippen molar-refractivity contribution < 1.29 is 27.1 Å². The van der Waals surface area contributed by atoms with E-state index in [4.69, 9.17) is 4.74 Å². The average molecular weight is 498 g/mol. The maximum Gasteiger partial charge on any atom is 0.412 e. The first-order valence-electron chi connectivity index (χ1n) is 10.6. The van der Waals surface area contributed by atoms with Crippen molar-refractivity contribution in [3.8, 4) is 0 Å². The van der Waals surface area contributed by atoms with Crippen LogP contribution in [0.2, 0.25) is 0 Å². The molecule has 33 heavy (non-hydrogen) atoms. The lowest BCUT2D eigenvalue weighted by Crippen LogP contribution is -2.35. The van der Waals surface area contributed by atoms with Crippen LogP contribution in [-0.4, -0.2) is 43.4 Å². The Morgan fingerprint density at radius 3 is 2.42 bits per heavy atom. The number of ether oxygens (including phenoxy) is 1. The van der Waals surface area contributed by atoms with Gasteiger partial charge in [-0.2, -0.15) is 4.31 Å². The zero-order valence-corrected chi connectivity index (χ0v) is 20.4. The van der Waals surface area contributed by atoms with Crippen molar-refractivity contribution >= 4 is 44.7 Å². The fraction of sp³-hybridized carbons (Fsp3) is 0.455. The monoisotopic (exact) mass is 497 g/mol. The van der Waals surface area contributed by atoms with E-state index in [-0.39, 0.29) is 22.0 Å². The summed E-state index contributed by atoms with van der Waals surface area (Å²) in [7, 11) is -3.57. The van der Waals surface area contributed by atoms with Gasteiger partial charge in [-0.25, -0.2) is 17.6 Å². The number of hydrogen-bond donors (Lipinski definition) is 2. The van der Waals surface area contributed by atoms with Crippen molar-refractivity contribution in [1.29, 1.82) is 0 Å². The molecule has 2 N–H and O–H groups in total. The Hall–Kier alpha value is -2.50. The number of nitrogens with one attached hydrogen (secondary N) is 2. The molecule has 0 spiro atoms. The predicted molar refractivity (Wildman–Crippen MR) is 126 cm³/mol. The topological polar surface area (TPSA) is 105 Å². The van der Waals surface area contributed by atoms with E-state index in [2.05, 4.69) is 10.6 Å². The molecule has 3 rings (SSSR count). The molecule has 1 saturated heterocycles. The molecule has 2 heterocycles. The maximum atomic E-state index is 13.8. The van der Waals surface area contributed by atoms with Gasteiger partial charge in [0.1, 0.15) is 15.6 Å². The van der Waals surface area contributed by atoms with Gasteiger partial charge in [-0.15, -0.1) is 11.3 Å². The van der Waals surface area contributed by atoms with Crippen molar-refractivity contribution in [3.63, 3.8) is 0 Å². The molecule has 1 fully saturated rings. The Morgan fingerprint density at radius 1 is 1.06 bits per heavy atom. The molecule has 1 aromatic heterocycles. The molecule has 0 unspecified atom stereocenters. The molecular weight excluding hydrogens is 469 g/mol.